The van der Waals surface area contributed by atoms with E-state index in [0.29, 0.717) is 11.5 Å². The summed E-state index contributed by atoms with van der Waals surface area (Å²) in [5.41, 5.74) is 8.36. The highest BCUT2D eigenvalue weighted by molar-refractivity contribution is 5.93. The smallest absolute Gasteiger partial charge is 0.274 e. The first-order valence-electron chi connectivity index (χ1n) is 7.21. The zero-order valence-corrected chi connectivity index (χ0v) is 12.8. The van der Waals surface area contributed by atoms with Crippen LogP contribution in [0.25, 0.3) is 5.69 Å². The lowest BCUT2D eigenvalue weighted by Gasteiger charge is -2.14. The van der Waals surface area contributed by atoms with E-state index in [0.717, 1.165) is 30.6 Å². The summed E-state index contributed by atoms with van der Waals surface area (Å²) in [4.78, 5) is 14.0. The molecule has 0 bridgehead atoms. The van der Waals surface area contributed by atoms with Gasteiger partial charge in [-0.2, -0.15) is 5.10 Å². The summed E-state index contributed by atoms with van der Waals surface area (Å²) in [6.07, 6.45) is 2.04. The van der Waals surface area contributed by atoms with E-state index in [9.17, 15) is 4.79 Å². The van der Waals surface area contributed by atoms with E-state index in [2.05, 4.69) is 12.0 Å². The summed E-state index contributed by atoms with van der Waals surface area (Å²) in [6.45, 7) is 4.84. The number of benzene rings is 1. The third-order valence-corrected chi connectivity index (χ3v) is 3.40. The summed E-state index contributed by atoms with van der Waals surface area (Å²) >= 11 is 0. The molecule has 0 radical (unpaired) electrons. The van der Waals surface area contributed by atoms with Crippen molar-refractivity contribution in [1.82, 2.24) is 14.7 Å². The normalized spacial score (nSPS) is 10.6. The van der Waals surface area contributed by atoms with Gasteiger partial charge in [-0.25, -0.2) is 4.68 Å². The molecule has 0 atom stereocenters. The number of unbranched alkanes of at least 4 members (excludes halogenated alkanes) is 1. The van der Waals surface area contributed by atoms with Gasteiger partial charge in [-0.1, -0.05) is 25.5 Å². The Morgan fingerprint density at radius 1 is 1.38 bits per heavy atom. The molecule has 0 aliphatic heterocycles. The van der Waals surface area contributed by atoms with Crippen LogP contribution in [-0.4, -0.2) is 34.2 Å². The Morgan fingerprint density at radius 2 is 2.14 bits per heavy atom. The average molecular weight is 286 g/mol. The molecular weight excluding hydrogens is 264 g/mol. The molecule has 5 nitrogen and oxygen atoms in total. The fourth-order valence-electron chi connectivity index (χ4n) is 2.16. The lowest BCUT2D eigenvalue weighted by atomic mass is 10.2. The molecular formula is C16H22N4O. The minimum absolute atomic E-state index is 0.0958. The van der Waals surface area contributed by atoms with Crippen molar-refractivity contribution in [3.8, 4) is 5.69 Å². The topological polar surface area (TPSA) is 64.2 Å². The van der Waals surface area contributed by atoms with Crippen LogP contribution in [0, 0.1) is 6.92 Å². The van der Waals surface area contributed by atoms with Gasteiger partial charge in [0.2, 0.25) is 0 Å². The number of hydrogen-bond acceptors (Lipinski definition) is 3. The number of aryl methyl sites for hydroxylation is 1. The SMILES string of the molecule is CCCCN(C)C(=O)c1cc(N)n(-c2cccc(C)c2)n1. The summed E-state index contributed by atoms with van der Waals surface area (Å²) in [6, 6.07) is 9.49. The summed E-state index contributed by atoms with van der Waals surface area (Å²) < 4.78 is 1.61. The van der Waals surface area contributed by atoms with Crippen LogP contribution < -0.4 is 5.73 Å². The molecule has 0 unspecified atom stereocenters. The maximum atomic E-state index is 12.3. The number of nitrogens with two attached hydrogens (primary N) is 1. The average Bonchev–Trinajstić information content (AvgIpc) is 2.86. The van der Waals surface area contributed by atoms with Crippen LogP contribution in [0.4, 0.5) is 5.82 Å². The summed E-state index contributed by atoms with van der Waals surface area (Å²) in [5.74, 6) is 0.370. The second-order valence-corrected chi connectivity index (χ2v) is 5.29. The van der Waals surface area contributed by atoms with Crippen molar-refractivity contribution in [2.75, 3.05) is 19.3 Å². The van der Waals surface area contributed by atoms with E-state index in [1.165, 1.54) is 0 Å². The molecule has 0 saturated heterocycles. The van der Waals surface area contributed by atoms with Crippen molar-refractivity contribution in [3.63, 3.8) is 0 Å². The molecule has 0 spiro atoms. The Labute approximate surface area is 125 Å². The van der Waals surface area contributed by atoms with Crippen LogP contribution in [0.2, 0.25) is 0 Å². The number of amides is 1. The Balaban J connectivity index is 2.25. The van der Waals surface area contributed by atoms with E-state index < -0.39 is 0 Å². The summed E-state index contributed by atoms with van der Waals surface area (Å²) in [5, 5.41) is 4.35. The zero-order chi connectivity index (χ0) is 15.4. The Hall–Kier alpha value is -2.30. The van der Waals surface area contributed by atoms with Gasteiger partial charge in [0.05, 0.1) is 5.69 Å². The highest BCUT2D eigenvalue weighted by Crippen LogP contribution is 2.16. The molecule has 1 heterocycles. The van der Waals surface area contributed by atoms with Crippen molar-refractivity contribution >= 4 is 11.7 Å². The molecule has 1 aromatic carbocycles. The quantitative estimate of drug-likeness (QED) is 0.919. The zero-order valence-electron chi connectivity index (χ0n) is 12.8. The van der Waals surface area contributed by atoms with Crippen molar-refractivity contribution in [3.05, 3.63) is 41.6 Å². The number of nitrogens with zero attached hydrogens (tertiary/aromatic N) is 3. The fraction of sp³-hybridized carbons (Fsp3) is 0.375. The number of anilines is 1. The molecule has 1 aromatic heterocycles. The van der Waals surface area contributed by atoms with Gasteiger partial charge in [0.1, 0.15) is 5.82 Å². The first-order chi connectivity index (χ1) is 10.0. The van der Waals surface area contributed by atoms with Crippen LogP contribution in [-0.2, 0) is 0 Å². The molecule has 2 rings (SSSR count). The standard InChI is InChI=1S/C16H22N4O/c1-4-5-9-19(3)16(21)14-11-15(17)20(18-14)13-8-6-7-12(2)10-13/h6-8,10-11H,4-5,9,17H2,1-3H3. The minimum Gasteiger partial charge on any atom is -0.384 e. The van der Waals surface area contributed by atoms with E-state index in [1.54, 1.807) is 22.7 Å². The Bertz CT molecular complexity index is 633. The van der Waals surface area contributed by atoms with Gasteiger partial charge in [-0.3, -0.25) is 4.79 Å². The molecule has 21 heavy (non-hydrogen) atoms. The van der Waals surface area contributed by atoms with Crippen LogP contribution >= 0.6 is 0 Å². The van der Waals surface area contributed by atoms with Gasteiger partial charge in [-0.15, -0.1) is 0 Å². The van der Waals surface area contributed by atoms with Crippen molar-refractivity contribution < 1.29 is 4.79 Å². The molecule has 2 N–H and O–H groups in total. The lowest BCUT2D eigenvalue weighted by molar-refractivity contribution is 0.0787. The second-order valence-electron chi connectivity index (χ2n) is 5.29. The van der Waals surface area contributed by atoms with Crippen molar-refractivity contribution in [2.45, 2.75) is 26.7 Å². The van der Waals surface area contributed by atoms with E-state index in [-0.39, 0.29) is 5.91 Å². The maximum absolute atomic E-state index is 12.3. The second kappa shape index (κ2) is 6.43. The van der Waals surface area contributed by atoms with Crippen LogP contribution in [0.15, 0.2) is 30.3 Å². The Morgan fingerprint density at radius 3 is 2.81 bits per heavy atom. The molecule has 112 valence electrons. The monoisotopic (exact) mass is 286 g/mol. The van der Waals surface area contributed by atoms with Gasteiger partial charge in [-0.05, 0) is 31.0 Å². The molecule has 0 aliphatic carbocycles. The highest BCUT2D eigenvalue weighted by atomic mass is 16.2. The highest BCUT2D eigenvalue weighted by Gasteiger charge is 2.17. The van der Waals surface area contributed by atoms with Crippen LogP contribution in [0.5, 0.6) is 0 Å². The lowest BCUT2D eigenvalue weighted by Crippen LogP contribution is -2.28. The predicted octanol–water partition coefficient (Wildman–Crippen LogP) is 2.64. The maximum Gasteiger partial charge on any atom is 0.274 e. The van der Waals surface area contributed by atoms with Gasteiger partial charge < -0.3 is 10.6 Å². The number of hydrogen-bond donors (Lipinski definition) is 1. The van der Waals surface area contributed by atoms with Crippen LogP contribution in [0.1, 0.15) is 35.8 Å². The third kappa shape index (κ3) is 3.42. The van der Waals surface area contributed by atoms with Gasteiger partial charge in [0.25, 0.3) is 5.91 Å². The van der Waals surface area contributed by atoms with E-state index >= 15 is 0 Å². The molecule has 1 amide bonds. The first kappa shape index (κ1) is 15.1. The van der Waals surface area contributed by atoms with Crippen molar-refractivity contribution in [2.24, 2.45) is 0 Å². The largest absolute Gasteiger partial charge is 0.384 e. The molecule has 0 saturated carbocycles. The first-order valence-corrected chi connectivity index (χ1v) is 7.21. The van der Waals surface area contributed by atoms with E-state index in [4.69, 9.17) is 5.73 Å². The number of aromatic nitrogens is 2. The van der Waals surface area contributed by atoms with Gasteiger partial charge >= 0.3 is 0 Å². The Kier molecular flexibility index (Phi) is 4.62. The molecule has 5 heteroatoms. The van der Waals surface area contributed by atoms with E-state index in [1.807, 2.05) is 31.2 Å². The van der Waals surface area contributed by atoms with Gasteiger partial charge in [0.15, 0.2) is 5.69 Å². The number of carbonyl (C=O) groups excluding carboxylic acids is 1. The fourth-order valence-corrected chi connectivity index (χ4v) is 2.16. The number of nitrogen functional groups attached to an aromatic ring is 1. The molecule has 2 aromatic rings. The number of rotatable bonds is 5. The molecule has 0 fully saturated rings. The minimum atomic E-state index is -0.0958. The summed E-state index contributed by atoms with van der Waals surface area (Å²) in [7, 11) is 1.79. The molecule has 0 aliphatic rings. The number of carbonyl (C=O) groups is 1. The van der Waals surface area contributed by atoms with Gasteiger partial charge in [0, 0.05) is 19.7 Å². The van der Waals surface area contributed by atoms with Crippen molar-refractivity contribution in [1.29, 1.82) is 0 Å². The predicted molar refractivity (Wildman–Crippen MR) is 84.6 cm³/mol. The third-order valence-electron chi connectivity index (χ3n) is 3.40. The van der Waals surface area contributed by atoms with Crippen LogP contribution in [0.3, 0.4) is 0 Å².